The lowest BCUT2D eigenvalue weighted by Gasteiger charge is -2.03. The number of aromatic nitrogens is 1. The molecule has 0 fully saturated rings. The predicted molar refractivity (Wildman–Crippen MR) is 104 cm³/mol. The van der Waals surface area contributed by atoms with Crippen LogP contribution < -0.4 is 5.63 Å². The van der Waals surface area contributed by atoms with Crippen LogP contribution in [0, 0.1) is 0 Å². The molecular formula is C18H9Br2NO2S. The number of benzene rings is 2. The van der Waals surface area contributed by atoms with Gasteiger partial charge in [0.25, 0.3) is 0 Å². The van der Waals surface area contributed by atoms with Gasteiger partial charge >= 0.3 is 5.63 Å². The van der Waals surface area contributed by atoms with E-state index in [0.29, 0.717) is 16.8 Å². The summed E-state index contributed by atoms with van der Waals surface area (Å²) in [6.07, 6.45) is 0. The Labute approximate surface area is 158 Å². The summed E-state index contributed by atoms with van der Waals surface area (Å²) >= 11 is 8.38. The second kappa shape index (κ2) is 6.27. The molecule has 0 aliphatic carbocycles. The summed E-state index contributed by atoms with van der Waals surface area (Å²) in [5, 5.41) is 3.59. The third-order valence-electron chi connectivity index (χ3n) is 3.55. The zero-order valence-corrected chi connectivity index (χ0v) is 16.1. The van der Waals surface area contributed by atoms with Crippen molar-refractivity contribution in [1.82, 2.24) is 4.98 Å². The van der Waals surface area contributed by atoms with E-state index in [9.17, 15) is 4.79 Å². The van der Waals surface area contributed by atoms with Crippen molar-refractivity contribution >= 4 is 54.2 Å². The van der Waals surface area contributed by atoms with Gasteiger partial charge in [-0.3, -0.25) is 0 Å². The fourth-order valence-corrected chi connectivity index (χ4v) is 4.61. The largest absolute Gasteiger partial charge is 0.421 e. The van der Waals surface area contributed by atoms with Crippen LogP contribution in [0.3, 0.4) is 0 Å². The van der Waals surface area contributed by atoms with Gasteiger partial charge in [-0.15, -0.1) is 11.3 Å². The van der Waals surface area contributed by atoms with Gasteiger partial charge in [0.1, 0.15) is 5.01 Å². The topological polar surface area (TPSA) is 43.1 Å². The van der Waals surface area contributed by atoms with Gasteiger partial charge in [-0.2, -0.15) is 0 Å². The summed E-state index contributed by atoms with van der Waals surface area (Å²) in [5.41, 5.74) is 2.27. The molecule has 0 saturated heterocycles. The van der Waals surface area contributed by atoms with Crippen LogP contribution in [-0.2, 0) is 0 Å². The Morgan fingerprint density at radius 2 is 1.83 bits per heavy atom. The molecule has 0 radical (unpaired) electrons. The second-order valence-electron chi connectivity index (χ2n) is 5.16. The Kier molecular flexibility index (Phi) is 4.12. The highest BCUT2D eigenvalue weighted by molar-refractivity contribution is 9.11. The molecule has 0 unspecified atom stereocenters. The van der Waals surface area contributed by atoms with Crippen molar-refractivity contribution in [2.75, 3.05) is 0 Å². The maximum Gasteiger partial charge on any atom is 0.345 e. The highest BCUT2D eigenvalue weighted by Crippen LogP contribution is 2.32. The molecule has 0 aliphatic rings. The average molecular weight is 463 g/mol. The zero-order valence-electron chi connectivity index (χ0n) is 12.1. The van der Waals surface area contributed by atoms with E-state index in [2.05, 4.69) is 36.8 Å². The number of thiazole rings is 1. The predicted octanol–water partition coefficient (Wildman–Crippen LogP) is 6.11. The lowest BCUT2D eigenvalue weighted by atomic mass is 10.1. The van der Waals surface area contributed by atoms with Crippen molar-refractivity contribution in [3.05, 3.63) is 73.3 Å². The molecule has 2 aromatic carbocycles. The smallest absolute Gasteiger partial charge is 0.345 e. The summed E-state index contributed by atoms with van der Waals surface area (Å²) in [4.78, 5) is 17.0. The van der Waals surface area contributed by atoms with E-state index in [0.717, 1.165) is 24.9 Å². The summed E-state index contributed by atoms with van der Waals surface area (Å²) in [5.74, 6) is 0. The molecule has 0 saturated carbocycles. The van der Waals surface area contributed by atoms with Gasteiger partial charge in [0.2, 0.25) is 0 Å². The van der Waals surface area contributed by atoms with Gasteiger partial charge in [0, 0.05) is 20.8 Å². The molecule has 118 valence electrons. The van der Waals surface area contributed by atoms with Crippen molar-refractivity contribution in [1.29, 1.82) is 0 Å². The summed E-state index contributed by atoms with van der Waals surface area (Å²) < 4.78 is 7.13. The SMILES string of the molecule is O=c1oc2c(Br)cc(Br)cc2cc1-c1csc(-c2ccccc2)n1. The summed E-state index contributed by atoms with van der Waals surface area (Å²) in [7, 11) is 0. The number of fused-ring (bicyclic) bond motifs is 1. The molecule has 2 aromatic heterocycles. The van der Waals surface area contributed by atoms with Gasteiger partial charge in [-0.25, -0.2) is 9.78 Å². The molecule has 0 bridgehead atoms. The molecule has 3 nitrogen and oxygen atoms in total. The first-order chi connectivity index (χ1) is 11.6. The molecule has 2 heterocycles. The highest BCUT2D eigenvalue weighted by Gasteiger charge is 2.14. The minimum atomic E-state index is -0.393. The molecule has 0 aliphatic heterocycles. The Morgan fingerprint density at radius 3 is 2.62 bits per heavy atom. The van der Waals surface area contributed by atoms with Gasteiger partial charge in [0.15, 0.2) is 5.58 Å². The van der Waals surface area contributed by atoms with E-state index in [1.165, 1.54) is 11.3 Å². The van der Waals surface area contributed by atoms with Gasteiger partial charge in [-0.05, 0) is 34.1 Å². The minimum Gasteiger partial charge on any atom is -0.421 e. The van der Waals surface area contributed by atoms with E-state index in [1.807, 2.05) is 53.9 Å². The Balaban J connectivity index is 1.87. The molecule has 24 heavy (non-hydrogen) atoms. The van der Waals surface area contributed by atoms with Crippen LogP contribution in [0.1, 0.15) is 0 Å². The normalized spacial score (nSPS) is 11.1. The van der Waals surface area contributed by atoms with E-state index >= 15 is 0 Å². The third-order valence-corrected chi connectivity index (χ3v) is 5.49. The maximum absolute atomic E-state index is 12.4. The standard InChI is InChI=1S/C18H9Br2NO2S/c19-12-6-11-7-13(18(22)23-16(11)14(20)8-12)15-9-24-17(21-15)10-4-2-1-3-5-10/h1-9H. The summed E-state index contributed by atoms with van der Waals surface area (Å²) in [6, 6.07) is 15.5. The van der Waals surface area contributed by atoms with Crippen LogP contribution in [0.4, 0.5) is 0 Å². The molecule has 0 spiro atoms. The average Bonchev–Trinajstić information content (AvgIpc) is 3.06. The van der Waals surface area contributed by atoms with Crippen molar-refractivity contribution < 1.29 is 4.42 Å². The Morgan fingerprint density at radius 1 is 1.04 bits per heavy atom. The number of rotatable bonds is 2. The molecule has 0 atom stereocenters. The summed E-state index contributed by atoms with van der Waals surface area (Å²) in [6.45, 7) is 0. The van der Waals surface area contributed by atoms with E-state index in [1.54, 1.807) is 0 Å². The first-order valence-electron chi connectivity index (χ1n) is 7.06. The first kappa shape index (κ1) is 15.7. The Hall–Kier alpha value is -1.76. The third kappa shape index (κ3) is 2.85. The molecule has 0 N–H and O–H groups in total. The number of hydrogen-bond acceptors (Lipinski definition) is 4. The van der Waals surface area contributed by atoms with E-state index < -0.39 is 5.63 Å². The van der Waals surface area contributed by atoms with Gasteiger partial charge in [-0.1, -0.05) is 46.3 Å². The van der Waals surface area contributed by atoms with Crippen LogP contribution in [0.25, 0.3) is 32.8 Å². The molecule has 6 heteroatoms. The van der Waals surface area contributed by atoms with Crippen molar-refractivity contribution in [2.24, 2.45) is 0 Å². The van der Waals surface area contributed by atoms with Crippen LogP contribution in [-0.4, -0.2) is 4.98 Å². The molecule has 4 rings (SSSR count). The van der Waals surface area contributed by atoms with Crippen LogP contribution in [0.15, 0.2) is 72.1 Å². The molecule has 4 aromatic rings. The lowest BCUT2D eigenvalue weighted by molar-refractivity contribution is 0.561. The molecular weight excluding hydrogens is 454 g/mol. The van der Waals surface area contributed by atoms with Crippen molar-refractivity contribution in [2.45, 2.75) is 0 Å². The second-order valence-corrected chi connectivity index (χ2v) is 7.79. The van der Waals surface area contributed by atoms with Crippen molar-refractivity contribution in [3.63, 3.8) is 0 Å². The van der Waals surface area contributed by atoms with E-state index in [4.69, 9.17) is 4.42 Å². The highest BCUT2D eigenvalue weighted by atomic mass is 79.9. The van der Waals surface area contributed by atoms with Crippen LogP contribution in [0.2, 0.25) is 0 Å². The zero-order chi connectivity index (χ0) is 16.7. The number of halogens is 2. The molecule has 0 amide bonds. The maximum atomic E-state index is 12.4. The van der Waals surface area contributed by atoms with Crippen molar-refractivity contribution in [3.8, 4) is 21.8 Å². The first-order valence-corrected chi connectivity index (χ1v) is 9.52. The monoisotopic (exact) mass is 461 g/mol. The van der Waals surface area contributed by atoms with Gasteiger partial charge < -0.3 is 4.42 Å². The lowest BCUT2D eigenvalue weighted by Crippen LogP contribution is -2.03. The fraction of sp³-hybridized carbons (Fsp3) is 0. The number of hydrogen-bond donors (Lipinski definition) is 0. The van der Waals surface area contributed by atoms with E-state index in [-0.39, 0.29) is 0 Å². The number of nitrogens with zero attached hydrogens (tertiary/aromatic N) is 1. The van der Waals surface area contributed by atoms with Crippen LogP contribution >= 0.6 is 43.2 Å². The fourth-order valence-electron chi connectivity index (χ4n) is 2.45. The quantitative estimate of drug-likeness (QED) is 0.337. The minimum absolute atomic E-state index is 0.393. The van der Waals surface area contributed by atoms with Crippen LogP contribution in [0.5, 0.6) is 0 Å². The van der Waals surface area contributed by atoms with Gasteiger partial charge in [0.05, 0.1) is 15.7 Å². The Bertz CT molecular complexity index is 1100.